The van der Waals surface area contributed by atoms with Crippen LogP contribution >= 0.6 is 11.6 Å². The highest BCUT2D eigenvalue weighted by Gasteiger charge is 2.08. The number of nitriles is 1. The lowest BCUT2D eigenvalue weighted by atomic mass is 10.1. The Hall–Kier alpha value is -2.71. The summed E-state index contributed by atoms with van der Waals surface area (Å²) >= 11 is 5.91. The van der Waals surface area contributed by atoms with Gasteiger partial charge in [0.25, 0.3) is 0 Å². The zero-order valence-corrected chi connectivity index (χ0v) is 11.1. The number of carbonyl (C=O) groups excluding carboxylic acids is 1. The maximum Gasteiger partial charge on any atom is 0.248 e. The molecule has 0 aliphatic carbocycles. The van der Waals surface area contributed by atoms with Crippen LogP contribution in [-0.2, 0) is 0 Å². The number of nitrogen functional groups attached to an aromatic ring is 1. The van der Waals surface area contributed by atoms with E-state index in [0.29, 0.717) is 33.2 Å². The van der Waals surface area contributed by atoms with Crippen LogP contribution in [0.25, 0.3) is 0 Å². The third kappa shape index (κ3) is 2.82. The Labute approximate surface area is 120 Å². The van der Waals surface area contributed by atoms with Crippen molar-refractivity contribution in [3.63, 3.8) is 0 Å². The molecule has 0 aliphatic rings. The molecule has 0 fully saturated rings. The molecule has 0 saturated carbocycles. The Morgan fingerprint density at radius 1 is 1.20 bits per heavy atom. The zero-order chi connectivity index (χ0) is 14.7. The number of hydrogen-bond acceptors (Lipinski definition) is 4. The zero-order valence-electron chi connectivity index (χ0n) is 10.4. The highest BCUT2D eigenvalue weighted by molar-refractivity contribution is 6.30. The van der Waals surface area contributed by atoms with Crippen molar-refractivity contribution in [3.05, 3.63) is 52.5 Å². The number of anilines is 3. The van der Waals surface area contributed by atoms with E-state index in [1.54, 1.807) is 24.3 Å². The second kappa shape index (κ2) is 5.51. The van der Waals surface area contributed by atoms with Gasteiger partial charge in [0.1, 0.15) is 6.07 Å². The molecule has 0 atom stereocenters. The molecule has 0 bridgehead atoms. The van der Waals surface area contributed by atoms with Gasteiger partial charge in [0.05, 0.1) is 22.6 Å². The van der Waals surface area contributed by atoms with Crippen LogP contribution in [0.4, 0.5) is 17.1 Å². The first-order chi connectivity index (χ1) is 9.51. The number of primary amides is 1. The van der Waals surface area contributed by atoms with Crippen LogP contribution < -0.4 is 16.8 Å². The lowest BCUT2D eigenvalue weighted by molar-refractivity contribution is 0.100. The molecule has 2 rings (SSSR count). The summed E-state index contributed by atoms with van der Waals surface area (Å²) in [5.41, 5.74) is 13.2. The van der Waals surface area contributed by atoms with Crippen LogP contribution in [0.1, 0.15) is 15.9 Å². The molecule has 0 radical (unpaired) electrons. The third-order valence-corrected chi connectivity index (χ3v) is 2.94. The van der Waals surface area contributed by atoms with Gasteiger partial charge in [0.15, 0.2) is 0 Å². The monoisotopic (exact) mass is 286 g/mol. The largest absolute Gasteiger partial charge is 0.397 e. The first kappa shape index (κ1) is 13.7. The van der Waals surface area contributed by atoms with Gasteiger partial charge in [-0.2, -0.15) is 5.26 Å². The van der Waals surface area contributed by atoms with Crippen LogP contribution in [0.3, 0.4) is 0 Å². The predicted octanol–water partition coefficient (Wildman–Crippen LogP) is 2.64. The highest BCUT2D eigenvalue weighted by atomic mass is 35.5. The Morgan fingerprint density at radius 3 is 2.60 bits per heavy atom. The Kier molecular flexibility index (Phi) is 3.78. The normalized spacial score (nSPS) is 9.80. The van der Waals surface area contributed by atoms with Crippen molar-refractivity contribution in [2.24, 2.45) is 5.73 Å². The summed E-state index contributed by atoms with van der Waals surface area (Å²) in [6.07, 6.45) is 0. The summed E-state index contributed by atoms with van der Waals surface area (Å²) in [6.45, 7) is 0. The standard InChI is InChI=1S/C14H11ClN4O/c15-10-3-1-9(7-16)12(6-10)19-13-5-8(14(18)20)2-4-11(13)17/h1-6,19H,17H2,(H2,18,20). The van der Waals surface area contributed by atoms with Crippen molar-refractivity contribution >= 4 is 34.6 Å². The van der Waals surface area contributed by atoms with E-state index >= 15 is 0 Å². The van der Waals surface area contributed by atoms with E-state index in [1.165, 1.54) is 12.1 Å². The molecule has 5 nitrogen and oxygen atoms in total. The summed E-state index contributed by atoms with van der Waals surface area (Å²) < 4.78 is 0. The van der Waals surface area contributed by atoms with Crippen molar-refractivity contribution in [2.75, 3.05) is 11.1 Å². The fraction of sp³-hybridized carbons (Fsp3) is 0. The van der Waals surface area contributed by atoms with Gasteiger partial charge in [-0.3, -0.25) is 4.79 Å². The molecule has 100 valence electrons. The topological polar surface area (TPSA) is 105 Å². The van der Waals surface area contributed by atoms with Crippen LogP contribution in [0.15, 0.2) is 36.4 Å². The molecule has 0 aliphatic heterocycles. The average Bonchev–Trinajstić information content (AvgIpc) is 2.41. The minimum Gasteiger partial charge on any atom is -0.397 e. The average molecular weight is 287 g/mol. The number of nitrogens with two attached hydrogens (primary N) is 2. The second-order valence-electron chi connectivity index (χ2n) is 4.09. The summed E-state index contributed by atoms with van der Waals surface area (Å²) in [5, 5.41) is 12.5. The molecule has 2 aromatic rings. The molecule has 20 heavy (non-hydrogen) atoms. The summed E-state index contributed by atoms with van der Waals surface area (Å²) in [7, 11) is 0. The van der Waals surface area contributed by atoms with Gasteiger partial charge < -0.3 is 16.8 Å². The Balaban J connectivity index is 2.44. The minimum absolute atomic E-state index is 0.322. The van der Waals surface area contributed by atoms with Crippen LogP contribution in [0.5, 0.6) is 0 Å². The lowest BCUT2D eigenvalue weighted by Crippen LogP contribution is -2.11. The van der Waals surface area contributed by atoms with Crippen LogP contribution in [0.2, 0.25) is 5.02 Å². The number of benzene rings is 2. The Morgan fingerprint density at radius 2 is 1.95 bits per heavy atom. The molecule has 2 aromatic carbocycles. The van der Waals surface area contributed by atoms with E-state index in [0.717, 1.165) is 0 Å². The minimum atomic E-state index is -0.556. The lowest BCUT2D eigenvalue weighted by Gasteiger charge is -2.12. The Bertz CT molecular complexity index is 722. The van der Waals surface area contributed by atoms with Crippen molar-refractivity contribution in [3.8, 4) is 6.07 Å². The van der Waals surface area contributed by atoms with Gasteiger partial charge in [-0.15, -0.1) is 0 Å². The van der Waals surface area contributed by atoms with E-state index in [1.807, 2.05) is 6.07 Å². The van der Waals surface area contributed by atoms with Crippen molar-refractivity contribution in [1.29, 1.82) is 5.26 Å². The van der Waals surface area contributed by atoms with Gasteiger partial charge >= 0.3 is 0 Å². The number of nitrogens with zero attached hydrogens (tertiary/aromatic N) is 1. The number of halogens is 1. The molecular weight excluding hydrogens is 276 g/mol. The van der Waals surface area contributed by atoms with Gasteiger partial charge in [-0.05, 0) is 36.4 Å². The highest BCUT2D eigenvalue weighted by Crippen LogP contribution is 2.28. The molecule has 0 unspecified atom stereocenters. The number of nitrogens with one attached hydrogen (secondary N) is 1. The number of rotatable bonds is 3. The van der Waals surface area contributed by atoms with Crippen molar-refractivity contribution in [1.82, 2.24) is 0 Å². The van der Waals surface area contributed by atoms with Crippen molar-refractivity contribution < 1.29 is 4.79 Å². The maximum absolute atomic E-state index is 11.2. The summed E-state index contributed by atoms with van der Waals surface area (Å²) in [4.78, 5) is 11.2. The fourth-order valence-corrected chi connectivity index (χ4v) is 1.85. The molecule has 0 heterocycles. The first-order valence-electron chi connectivity index (χ1n) is 5.67. The number of hydrogen-bond donors (Lipinski definition) is 3. The molecule has 0 saturated heterocycles. The SMILES string of the molecule is N#Cc1ccc(Cl)cc1Nc1cc(C(N)=O)ccc1N. The van der Waals surface area contributed by atoms with Crippen LogP contribution in [0, 0.1) is 11.3 Å². The molecule has 6 heteroatoms. The number of amides is 1. The van der Waals surface area contributed by atoms with Gasteiger partial charge in [0, 0.05) is 10.6 Å². The van der Waals surface area contributed by atoms with Crippen LogP contribution in [-0.4, -0.2) is 5.91 Å². The first-order valence-corrected chi connectivity index (χ1v) is 6.05. The van der Waals surface area contributed by atoms with E-state index in [9.17, 15) is 4.79 Å². The van der Waals surface area contributed by atoms with Gasteiger partial charge in [0.2, 0.25) is 5.91 Å². The smallest absolute Gasteiger partial charge is 0.248 e. The van der Waals surface area contributed by atoms with E-state index in [-0.39, 0.29) is 0 Å². The molecular formula is C14H11ClN4O. The fourth-order valence-electron chi connectivity index (χ4n) is 1.68. The summed E-state index contributed by atoms with van der Waals surface area (Å²) in [6, 6.07) is 11.5. The molecule has 0 aromatic heterocycles. The summed E-state index contributed by atoms with van der Waals surface area (Å²) in [5.74, 6) is -0.556. The maximum atomic E-state index is 11.2. The van der Waals surface area contributed by atoms with E-state index in [4.69, 9.17) is 28.3 Å². The molecule has 1 amide bonds. The second-order valence-corrected chi connectivity index (χ2v) is 4.53. The molecule has 0 spiro atoms. The third-order valence-electron chi connectivity index (χ3n) is 2.71. The number of carbonyl (C=O) groups is 1. The molecule has 5 N–H and O–H groups in total. The van der Waals surface area contributed by atoms with Gasteiger partial charge in [-0.25, -0.2) is 0 Å². The van der Waals surface area contributed by atoms with E-state index in [2.05, 4.69) is 5.32 Å². The predicted molar refractivity (Wildman–Crippen MR) is 78.8 cm³/mol. The van der Waals surface area contributed by atoms with E-state index < -0.39 is 5.91 Å². The van der Waals surface area contributed by atoms with Crippen molar-refractivity contribution in [2.45, 2.75) is 0 Å². The quantitative estimate of drug-likeness (QED) is 0.754. The van der Waals surface area contributed by atoms with Gasteiger partial charge in [-0.1, -0.05) is 11.6 Å².